The van der Waals surface area contributed by atoms with Crippen LogP contribution in [0.2, 0.25) is 0 Å². The molecule has 8 aromatic rings. The van der Waals surface area contributed by atoms with Crippen molar-refractivity contribution in [1.29, 1.82) is 0 Å². The molecule has 0 saturated heterocycles. The summed E-state index contributed by atoms with van der Waals surface area (Å²) in [7, 11) is 0. The van der Waals surface area contributed by atoms with Crippen molar-refractivity contribution < 1.29 is 57.2 Å². The molecule has 0 radical (unpaired) electrons. The smallest absolute Gasteiger partial charge is 0.343 e. The quantitative estimate of drug-likeness (QED) is 0.0381. The first-order valence-electron chi connectivity index (χ1n) is 30.3. The van der Waals surface area contributed by atoms with E-state index in [0.29, 0.717) is 64.9 Å². The van der Waals surface area contributed by atoms with E-state index in [4.69, 9.17) is 28.4 Å². The minimum absolute atomic E-state index is 0.0261. The Hall–Kier alpha value is -9.42. The summed E-state index contributed by atoms with van der Waals surface area (Å²) in [4.78, 5) is 72.3. The highest BCUT2D eigenvalue weighted by atomic mass is 16.6. The van der Waals surface area contributed by atoms with E-state index >= 15 is 0 Å². The van der Waals surface area contributed by atoms with Gasteiger partial charge in [0.25, 0.3) is 0 Å². The van der Waals surface area contributed by atoms with Gasteiger partial charge in [-0.25, -0.2) is 24.0 Å². The summed E-state index contributed by atoms with van der Waals surface area (Å²) < 4.78 is 31.4. The molecule has 87 heavy (non-hydrogen) atoms. The molecule has 1 saturated carbocycles. The molecule has 9 rings (SSSR count). The summed E-state index contributed by atoms with van der Waals surface area (Å²) in [6.07, 6.45) is 10.9. The molecular weight excluding hydrogens is 1090 g/mol. The second-order valence-corrected chi connectivity index (χ2v) is 21.1. The molecule has 0 unspecified atom stereocenters. The predicted octanol–water partition coefficient (Wildman–Crippen LogP) is 17.4. The van der Waals surface area contributed by atoms with Crippen molar-refractivity contribution in [1.82, 2.24) is 0 Å². The molecule has 450 valence electrons. The highest BCUT2D eigenvalue weighted by molar-refractivity contribution is 5.94. The highest BCUT2D eigenvalue weighted by Crippen LogP contribution is 2.33. The van der Waals surface area contributed by atoms with E-state index in [1.54, 1.807) is 106 Å². The van der Waals surface area contributed by atoms with Crippen molar-refractivity contribution in [3.05, 3.63) is 233 Å². The zero-order valence-corrected chi connectivity index (χ0v) is 50.7. The van der Waals surface area contributed by atoms with Gasteiger partial charge in [0.15, 0.2) is 0 Å². The molecule has 0 heterocycles. The Labute approximate surface area is 511 Å². The number of esters is 6. The fraction of sp³-hybridized carbons (Fsp3) is 0.280. The minimum atomic E-state index is -0.446. The first kappa shape index (κ1) is 65.1. The van der Waals surface area contributed by atoms with Crippen molar-refractivity contribution in [3.8, 4) is 50.6 Å². The van der Waals surface area contributed by atoms with Gasteiger partial charge in [0, 0.05) is 0 Å². The van der Waals surface area contributed by atoms with Gasteiger partial charge < -0.3 is 28.4 Å². The molecular formula is C75H78O12. The molecule has 0 amide bonds. The molecule has 8 aromatic carbocycles. The van der Waals surface area contributed by atoms with Crippen LogP contribution in [0.4, 0.5) is 0 Å². The summed E-state index contributed by atoms with van der Waals surface area (Å²) in [5.41, 5.74) is 11.1. The summed E-state index contributed by atoms with van der Waals surface area (Å²) in [5.74, 6) is 0.273. The Kier molecular flexibility index (Phi) is 25.4. The zero-order valence-electron chi connectivity index (χ0n) is 50.7. The van der Waals surface area contributed by atoms with E-state index < -0.39 is 11.9 Å². The van der Waals surface area contributed by atoms with Crippen LogP contribution in [0.25, 0.3) is 33.4 Å². The molecule has 12 nitrogen and oxygen atoms in total. The van der Waals surface area contributed by atoms with Crippen LogP contribution in [-0.2, 0) is 31.8 Å². The number of carbonyl (C=O) groups excluding carboxylic acids is 6. The van der Waals surface area contributed by atoms with Gasteiger partial charge in [-0.15, -0.1) is 0 Å². The Morgan fingerprint density at radius 1 is 0.310 bits per heavy atom. The van der Waals surface area contributed by atoms with Crippen LogP contribution in [0, 0.1) is 11.8 Å². The summed E-state index contributed by atoms with van der Waals surface area (Å²) in [6.45, 7) is 12.9. The lowest BCUT2D eigenvalue weighted by molar-refractivity contribution is -0.140. The Morgan fingerprint density at radius 3 is 0.897 bits per heavy atom. The fourth-order valence-corrected chi connectivity index (χ4v) is 10.0. The zero-order chi connectivity index (χ0) is 61.9. The van der Waals surface area contributed by atoms with Crippen LogP contribution in [0.3, 0.4) is 0 Å². The third-order valence-corrected chi connectivity index (χ3v) is 14.7. The predicted molar refractivity (Wildman–Crippen MR) is 340 cm³/mol. The van der Waals surface area contributed by atoms with Gasteiger partial charge in [-0.05, 0) is 207 Å². The molecule has 1 aliphatic rings. The number of hydrogen-bond donors (Lipinski definition) is 0. The standard InChI is InChI=1S/C25H30O4.2C25H24O4/c2*1-3-5-18-6-8-22(9-7-18)25(27)29-23-16-14-20(15-17-23)19-10-12-21(13-11-19)24(26)28-4-2;1-3-5-18-6-8-19(9-7-18)20-10-12-22(13-11-20)25(27)29-23-16-14-21(15-17-23)24(26)28-4-2/h10-18,22H,3-9H2,1-2H3;2*6-17H,3-5H2,1-2H3. The van der Waals surface area contributed by atoms with Gasteiger partial charge in [0.1, 0.15) is 17.2 Å². The van der Waals surface area contributed by atoms with Crippen LogP contribution >= 0.6 is 0 Å². The fourth-order valence-electron chi connectivity index (χ4n) is 10.0. The van der Waals surface area contributed by atoms with Gasteiger partial charge >= 0.3 is 35.8 Å². The van der Waals surface area contributed by atoms with Crippen LogP contribution in [0.15, 0.2) is 194 Å². The van der Waals surface area contributed by atoms with Gasteiger partial charge in [-0.3, -0.25) is 4.79 Å². The number of carbonyl (C=O) groups is 6. The van der Waals surface area contributed by atoms with E-state index in [1.165, 1.54) is 24.0 Å². The van der Waals surface area contributed by atoms with Crippen LogP contribution < -0.4 is 14.2 Å². The normalized spacial score (nSPS) is 13.2. The van der Waals surface area contributed by atoms with E-state index in [2.05, 4.69) is 45.0 Å². The summed E-state index contributed by atoms with van der Waals surface area (Å²) in [6, 6.07) is 59.0. The van der Waals surface area contributed by atoms with Crippen molar-refractivity contribution in [2.75, 3.05) is 19.8 Å². The second kappa shape index (κ2) is 33.9. The largest absolute Gasteiger partial charge is 0.462 e. The number of rotatable bonds is 21. The molecule has 0 atom stereocenters. The molecule has 12 heteroatoms. The first-order chi connectivity index (χ1) is 42.3. The molecule has 1 fully saturated rings. The van der Waals surface area contributed by atoms with E-state index in [1.807, 2.05) is 84.9 Å². The maximum atomic E-state index is 12.5. The highest BCUT2D eigenvalue weighted by Gasteiger charge is 2.27. The van der Waals surface area contributed by atoms with E-state index in [-0.39, 0.29) is 29.8 Å². The van der Waals surface area contributed by atoms with E-state index in [9.17, 15) is 28.8 Å². The summed E-state index contributed by atoms with van der Waals surface area (Å²) >= 11 is 0. The lowest BCUT2D eigenvalue weighted by atomic mass is 9.80. The Morgan fingerprint density at radius 2 is 0.575 bits per heavy atom. The number of ether oxygens (including phenoxy) is 6. The van der Waals surface area contributed by atoms with E-state index in [0.717, 1.165) is 90.7 Å². The van der Waals surface area contributed by atoms with Crippen LogP contribution in [-0.4, -0.2) is 55.6 Å². The maximum absolute atomic E-state index is 12.5. The van der Waals surface area contributed by atoms with Gasteiger partial charge in [0.05, 0.1) is 53.6 Å². The first-order valence-corrected chi connectivity index (χ1v) is 30.3. The van der Waals surface area contributed by atoms with Gasteiger partial charge in [0.2, 0.25) is 0 Å². The monoisotopic (exact) mass is 1170 g/mol. The lowest BCUT2D eigenvalue weighted by Crippen LogP contribution is -2.25. The lowest BCUT2D eigenvalue weighted by Gasteiger charge is -2.26. The summed E-state index contributed by atoms with van der Waals surface area (Å²) in [5, 5.41) is 0. The SMILES string of the molecule is CCCC1CCC(C(=O)Oc2ccc(-c3ccc(C(=O)OCC)cc3)cc2)CC1.CCCc1ccc(-c2ccc(C(=O)Oc3ccc(C(=O)OCC)cc3)cc2)cc1.CCCc1ccc(C(=O)Oc2ccc(-c3ccc(C(=O)OCC)cc3)cc2)cc1. The van der Waals surface area contributed by atoms with Crippen LogP contribution in [0.5, 0.6) is 17.2 Å². The Bertz CT molecular complexity index is 3450. The topological polar surface area (TPSA) is 158 Å². The van der Waals surface area contributed by atoms with Crippen LogP contribution in [0.1, 0.15) is 156 Å². The van der Waals surface area contributed by atoms with Crippen molar-refractivity contribution in [2.45, 2.75) is 106 Å². The molecule has 1 aliphatic carbocycles. The minimum Gasteiger partial charge on any atom is -0.462 e. The third-order valence-electron chi connectivity index (χ3n) is 14.7. The maximum Gasteiger partial charge on any atom is 0.343 e. The van der Waals surface area contributed by atoms with Crippen molar-refractivity contribution in [3.63, 3.8) is 0 Å². The second-order valence-electron chi connectivity index (χ2n) is 21.1. The molecule has 0 aliphatic heterocycles. The molecule has 0 N–H and O–H groups in total. The Balaban J connectivity index is 0.000000186. The number of hydrogen-bond acceptors (Lipinski definition) is 12. The number of benzene rings is 8. The number of aryl methyl sites for hydroxylation is 2. The average molecular weight is 1170 g/mol. The average Bonchev–Trinajstić information content (AvgIpc) is 3.52. The van der Waals surface area contributed by atoms with Gasteiger partial charge in [-0.1, -0.05) is 144 Å². The molecule has 0 spiro atoms. The van der Waals surface area contributed by atoms with Gasteiger partial charge in [-0.2, -0.15) is 0 Å². The molecule has 0 bridgehead atoms. The van der Waals surface area contributed by atoms with Crippen molar-refractivity contribution in [2.24, 2.45) is 11.8 Å². The van der Waals surface area contributed by atoms with Crippen molar-refractivity contribution >= 4 is 35.8 Å². The molecule has 0 aromatic heterocycles. The third kappa shape index (κ3) is 19.8.